The fourth-order valence-electron chi connectivity index (χ4n) is 2.33. The van der Waals surface area contributed by atoms with E-state index in [9.17, 15) is 4.79 Å². The largest absolute Gasteiger partial charge is 0.454 e. The van der Waals surface area contributed by atoms with E-state index in [2.05, 4.69) is 27.9 Å². The molecule has 3 rings (SSSR count). The van der Waals surface area contributed by atoms with E-state index in [1.165, 1.54) is 0 Å². The molecule has 2 aromatic carbocycles. The molecule has 0 aromatic heterocycles. The van der Waals surface area contributed by atoms with E-state index in [4.69, 9.17) is 9.47 Å². The van der Waals surface area contributed by atoms with Crippen molar-refractivity contribution in [3.8, 4) is 11.5 Å². The molecule has 22 heavy (non-hydrogen) atoms. The molecule has 5 heteroatoms. The van der Waals surface area contributed by atoms with Crippen LogP contribution in [-0.4, -0.2) is 12.7 Å². The summed E-state index contributed by atoms with van der Waals surface area (Å²) in [6.45, 7) is 2.26. The molecular formula is C17H16INO3. The van der Waals surface area contributed by atoms with Gasteiger partial charge in [0.2, 0.25) is 12.7 Å². The summed E-state index contributed by atoms with van der Waals surface area (Å²) in [5, 5.41) is 2.96. The summed E-state index contributed by atoms with van der Waals surface area (Å²) in [7, 11) is 0. The van der Waals surface area contributed by atoms with Crippen molar-refractivity contribution in [3.05, 3.63) is 51.1 Å². The Kier molecular flexibility index (Phi) is 4.52. The second-order valence-electron chi connectivity index (χ2n) is 5.20. The lowest BCUT2D eigenvalue weighted by Gasteiger charge is -2.09. The van der Waals surface area contributed by atoms with Gasteiger partial charge in [-0.25, -0.2) is 0 Å². The number of fused-ring (bicyclic) bond motifs is 1. The minimum Gasteiger partial charge on any atom is -0.454 e. The lowest BCUT2D eigenvalue weighted by Crippen LogP contribution is -2.13. The van der Waals surface area contributed by atoms with Gasteiger partial charge in [0.1, 0.15) is 0 Å². The molecule has 0 fully saturated rings. The summed E-state index contributed by atoms with van der Waals surface area (Å²) < 4.78 is 11.8. The summed E-state index contributed by atoms with van der Waals surface area (Å²) >= 11 is 2.26. The zero-order valence-corrected chi connectivity index (χ0v) is 14.3. The average Bonchev–Trinajstić information content (AvgIpc) is 2.95. The highest BCUT2D eigenvalue weighted by Gasteiger charge is 2.13. The monoisotopic (exact) mass is 409 g/mol. The maximum atomic E-state index is 12.1. The smallest absolute Gasteiger partial charge is 0.231 e. The van der Waals surface area contributed by atoms with E-state index in [0.29, 0.717) is 12.8 Å². The highest BCUT2D eigenvalue weighted by molar-refractivity contribution is 14.1. The zero-order chi connectivity index (χ0) is 15.5. The number of ether oxygens (including phenoxy) is 2. The molecule has 0 aliphatic carbocycles. The van der Waals surface area contributed by atoms with Crippen LogP contribution in [0.3, 0.4) is 0 Å². The Morgan fingerprint density at radius 1 is 1.18 bits per heavy atom. The molecule has 0 saturated carbocycles. The SMILES string of the molecule is Cc1cc(I)ccc1NC(=O)CCc1ccc2c(c1)OCO2. The number of halogens is 1. The van der Waals surface area contributed by atoms with Crippen LogP contribution in [-0.2, 0) is 11.2 Å². The summed E-state index contributed by atoms with van der Waals surface area (Å²) in [6.07, 6.45) is 1.11. The highest BCUT2D eigenvalue weighted by atomic mass is 127. The first-order valence-electron chi connectivity index (χ1n) is 7.06. The van der Waals surface area contributed by atoms with Crippen LogP contribution in [0, 0.1) is 10.5 Å². The highest BCUT2D eigenvalue weighted by Crippen LogP contribution is 2.32. The van der Waals surface area contributed by atoms with E-state index in [-0.39, 0.29) is 12.7 Å². The molecular weight excluding hydrogens is 393 g/mol. The van der Waals surface area contributed by atoms with Crippen molar-refractivity contribution >= 4 is 34.2 Å². The van der Waals surface area contributed by atoms with Crippen LogP contribution in [0.1, 0.15) is 17.5 Å². The van der Waals surface area contributed by atoms with Crippen molar-refractivity contribution in [1.82, 2.24) is 0 Å². The quantitative estimate of drug-likeness (QED) is 0.780. The van der Waals surface area contributed by atoms with Crippen LogP contribution in [0.5, 0.6) is 11.5 Å². The van der Waals surface area contributed by atoms with Crippen molar-refractivity contribution in [1.29, 1.82) is 0 Å². The van der Waals surface area contributed by atoms with Crippen LogP contribution in [0.25, 0.3) is 0 Å². The molecule has 0 bridgehead atoms. The number of nitrogens with one attached hydrogen (secondary N) is 1. The molecule has 1 aliphatic heterocycles. The molecule has 0 spiro atoms. The maximum Gasteiger partial charge on any atom is 0.231 e. The minimum absolute atomic E-state index is 0.0157. The van der Waals surface area contributed by atoms with Gasteiger partial charge in [-0.1, -0.05) is 6.07 Å². The van der Waals surface area contributed by atoms with Gasteiger partial charge in [-0.15, -0.1) is 0 Å². The number of hydrogen-bond acceptors (Lipinski definition) is 3. The Morgan fingerprint density at radius 2 is 2.00 bits per heavy atom. The Morgan fingerprint density at radius 3 is 2.82 bits per heavy atom. The van der Waals surface area contributed by atoms with E-state index >= 15 is 0 Å². The van der Waals surface area contributed by atoms with Crippen molar-refractivity contribution in [3.63, 3.8) is 0 Å². The number of anilines is 1. The lowest BCUT2D eigenvalue weighted by atomic mass is 10.1. The van der Waals surface area contributed by atoms with Crippen molar-refractivity contribution in [2.45, 2.75) is 19.8 Å². The third-order valence-electron chi connectivity index (χ3n) is 3.54. The number of carbonyl (C=O) groups is 1. The molecule has 1 aliphatic rings. The van der Waals surface area contributed by atoms with Crippen molar-refractivity contribution in [2.24, 2.45) is 0 Å². The summed E-state index contributed by atoms with van der Waals surface area (Å²) in [6, 6.07) is 11.8. The molecule has 2 aromatic rings. The topological polar surface area (TPSA) is 47.6 Å². The van der Waals surface area contributed by atoms with Crippen LogP contribution in [0.2, 0.25) is 0 Å². The van der Waals surface area contributed by atoms with Crippen LogP contribution in [0.15, 0.2) is 36.4 Å². The first kappa shape index (κ1) is 15.1. The normalized spacial score (nSPS) is 12.3. The molecule has 4 nitrogen and oxygen atoms in total. The predicted molar refractivity (Wildman–Crippen MR) is 93.4 cm³/mol. The third kappa shape index (κ3) is 3.52. The lowest BCUT2D eigenvalue weighted by molar-refractivity contribution is -0.116. The predicted octanol–water partition coefficient (Wildman–Crippen LogP) is 3.90. The minimum atomic E-state index is 0.0157. The second kappa shape index (κ2) is 6.56. The Hall–Kier alpha value is -1.76. The van der Waals surface area contributed by atoms with E-state index in [1.807, 2.05) is 43.3 Å². The molecule has 1 N–H and O–H groups in total. The molecule has 0 radical (unpaired) electrons. The van der Waals surface area contributed by atoms with Gasteiger partial charge in [-0.2, -0.15) is 0 Å². The van der Waals surface area contributed by atoms with E-state index in [1.54, 1.807) is 0 Å². The second-order valence-corrected chi connectivity index (χ2v) is 6.44. The van der Waals surface area contributed by atoms with Gasteiger partial charge in [0, 0.05) is 15.7 Å². The summed E-state index contributed by atoms with van der Waals surface area (Å²) in [5.74, 6) is 1.54. The Labute approximate surface area is 143 Å². The number of aryl methyl sites for hydroxylation is 2. The first-order chi connectivity index (χ1) is 10.6. The van der Waals surface area contributed by atoms with Gasteiger partial charge in [0.05, 0.1) is 0 Å². The third-order valence-corrected chi connectivity index (χ3v) is 4.21. The van der Waals surface area contributed by atoms with E-state index < -0.39 is 0 Å². The number of benzene rings is 2. The summed E-state index contributed by atoms with van der Waals surface area (Å²) in [4.78, 5) is 12.1. The van der Waals surface area contributed by atoms with Gasteiger partial charge in [0.25, 0.3) is 0 Å². The van der Waals surface area contributed by atoms with Crippen LogP contribution >= 0.6 is 22.6 Å². The fraction of sp³-hybridized carbons (Fsp3) is 0.235. The first-order valence-corrected chi connectivity index (χ1v) is 8.14. The number of carbonyl (C=O) groups excluding carboxylic acids is 1. The number of hydrogen-bond donors (Lipinski definition) is 1. The van der Waals surface area contributed by atoms with Gasteiger partial charge in [0.15, 0.2) is 11.5 Å². The molecule has 114 valence electrons. The van der Waals surface area contributed by atoms with Crippen molar-refractivity contribution < 1.29 is 14.3 Å². The number of amides is 1. The fourth-order valence-corrected chi connectivity index (χ4v) is 2.98. The molecule has 0 saturated heterocycles. The van der Waals surface area contributed by atoms with Gasteiger partial charge in [-0.05, 0) is 77.4 Å². The average molecular weight is 409 g/mol. The number of rotatable bonds is 4. The van der Waals surface area contributed by atoms with Crippen LogP contribution in [0.4, 0.5) is 5.69 Å². The molecule has 1 amide bonds. The zero-order valence-electron chi connectivity index (χ0n) is 12.2. The van der Waals surface area contributed by atoms with Gasteiger partial charge in [-0.3, -0.25) is 4.79 Å². The maximum absolute atomic E-state index is 12.1. The van der Waals surface area contributed by atoms with Crippen molar-refractivity contribution in [2.75, 3.05) is 12.1 Å². The Bertz CT molecular complexity index is 715. The van der Waals surface area contributed by atoms with Gasteiger partial charge < -0.3 is 14.8 Å². The molecule has 0 atom stereocenters. The van der Waals surface area contributed by atoms with Crippen LogP contribution < -0.4 is 14.8 Å². The van der Waals surface area contributed by atoms with Gasteiger partial charge >= 0.3 is 0 Å². The van der Waals surface area contributed by atoms with E-state index in [0.717, 1.165) is 31.9 Å². The molecule has 1 heterocycles. The molecule has 0 unspecified atom stereocenters. The summed E-state index contributed by atoms with van der Waals surface area (Å²) in [5.41, 5.74) is 3.01. The standard InChI is InChI=1S/C17H16INO3/c1-11-8-13(18)4-5-14(11)19-17(20)7-3-12-2-6-15-16(9-12)22-10-21-15/h2,4-6,8-9H,3,7,10H2,1H3,(H,19,20). The Balaban J connectivity index is 1.58.